The molecule has 3 rings (SSSR count). The number of morpholine rings is 1. The molecule has 2 aromatic rings. The van der Waals surface area contributed by atoms with E-state index in [9.17, 15) is 4.79 Å². The Kier molecular flexibility index (Phi) is 7.67. The smallest absolute Gasteiger partial charge is 0.258 e. The van der Waals surface area contributed by atoms with Crippen LogP contribution in [0.2, 0.25) is 0 Å². The molecule has 0 spiro atoms. The van der Waals surface area contributed by atoms with Crippen molar-refractivity contribution in [3.8, 4) is 5.75 Å². The van der Waals surface area contributed by atoms with Gasteiger partial charge in [-0.2, -0.15) is 0 Å². The molecule has 1 heterocycles. The molecule has 1 fully saturated rings. The van der Waals surface area contributed by atoms with Crippen molar-refractivity contribution in [2.45, 2.75) is 39.8 Å². The average Bonchev–Trinajstić information content (AvgIpc) is 2.72. The summed E-state index contributed by atoms with van der Waals surface area (Å²) in [6.07, 6.45) is 0. The van der Waals surface area contributed by atoms with Gasteiger partial charge in [-0.3, -0.25) is 9.69 Å². The minimum Gasteiger partial charge on any atom is -0.483 e. The lowest BCUT2D eigenvalue weighted by atomic mass is 10.0. The van der Waals surface area contributed by atoms with Gasteiger partial charge in [-0.05, 0) is 41.2 Å². The molecule has 0 atom stereocenters. The van der Waals surface area contributed by atoms with Crippen molar-refractivity contribution in [2.24, 2.45) is 0 Å². The zero-order valence-corrected chi connectivity index (χ0v) is 17.7. The summed E-state index contributed by atoms with van der Waals surface area (Å²) >= 11 is 0. The van der Waals surface area contributed by atoms with Crippen LogP contribution in [0.1, 0.15) is 42.0 Å². The summed E-state index contributed by atoms with van der Waals surface area (Å²) in [6, 6.07) is 14.4. The van der Waals surface area contributed by atoms with Gasteiger partial charge in [0.25, 0.3) is 5.91 Å². The summed E-state index contributed by atoms with van der Waals surface area (Å²) in [4.78, 5) is 14.8. The van der Waals surface area contributed by atoms with E-state index in [1.807, 2.05) is 19.1 Å². The van der Waals surface area contributed by atoms with Crippen LogP contribution in [-0.2, 0) is 22.6 Å². The Hall–Kier alpha value is -2.37. The maximum absolute atomic E-state index is 12.4. The van der Waals surface area contributed by atoms with E-state index in [1.165, 1.54) is 5.56 Å². The fraction of sp³-hybridized carbons (Fsp3) is 0.458. The van der Waals surface area contributed by atoms with Gasteiger partial charge in [0.15, 0.2) is 6.61 Å². The number of hydrogen-bond donors (Lipinski definition) is 1. The van der Waals surface area contributed by atoms with E-state index in [1.54, 1.807) is 0 Å². The number of rotatable bonds is 8. The van der Waals surface area contributed by atoms with Gasteiger partial charge in [-0.25, -0.2) is 0 Å². The number of aryl methyl sites for hydroxylation is 1. The molecule has 1 amide bonds. The van der Waals surface area contributed by atoms with Gasteiger partial charge in [0.1, 0.15) is 5.75 Å². The lowest BCUT2D eigenvalue weighted by Gasteiger charge is -2.27. The molecule has 0 aliphatic carbocycles. The largest absolute Gasteiger partial charge is 0.483 e. The van der Waals surface area contributed by atoms with E-state index in [2.05, 4.69) is 54.4 Å². The van der Waals surface area contributed by atoms with Gasteiger partial charge in [0.2, 0.25) is 0 Å². The van der Waals surface area contributed by atoms with Gasteiger partial charge in [-0.1, -0.05) is 50.2 Å². The molecule has 2 aromatic carbocycles. The molecule has 1 aliphatic rings. The van der Waals surface area contributed by atoms with Crippen LogP contribution >= 0.6 is 0 Å². The van der Waals surface area contributed by atoms with Gasteiger partial charge < -0.3 is 14.8 Å². The van der Waals surface area contributed by atoms with Crippen molar-refractivity contribution in [3.63, 3.8) is 0 Å². The Labute approximate surface area is 174 Å². The summed E-state index contributed by atoms with van der Waals surface area (Å²) in [6.45, 7) is 11.2. The van der Waals surface area contributed by atoms with Crippen LogP contribution in [0.4, 0.5) is 0 Å². The molecule has 5 heteroatoms. The molecule has 0 aromatic heterocycles. The van der Waals surface area contributed by atoms with Crippen LogP contribution in [0.3, 0.4) is 0 Å². The summed E-state index contributed by atoms with van der Waals surface area (Å²) in [5.41, 5.74) is 4.64. The van der Waals surface area contributed by atoms with Crippen molar-refractivity contribution in [1.29, 1.82) is 0 Å². The number of benzene rings is 2. The molecule has 5 nitrogen and oxygen atoms in total. The van der Waals surface area contributed by atoms with E-state index in [-0.39, 0.29) is 12.5 Å². The van der Waals surface area contributed by atoms with Crippen molar-refractivity contribution < 1.29 is 14.3 Å². The minimum absolute atomic E-state index is 0.0226. The third kappa shape index (κ3) is 6.31. The predicted molar refractivity (Wildman–Crippen MR) is 115 cm³/mol. The van der Waals surface area contributed by atoms with Crippen LogP contribution in [0.15, 0.2) is 42.5 Å². The highest BCUT2D eigenvalue weighted by Gasteiger charge is 2.14. The van der Waals surface area contributed by atoms with Crippen molar-refractivity contribution in [3.05, 3.63) is 64.7 Å². The molecule has 1 saturated heterocycles. The first-order valence-corrected chi connectivity index (χ1v) is 10.4. The van der Waals surface area contributed by atoms with E-state index in [4.69, 9.17) is 9.47 Å². The second kappa shape index (κ2) is 10.4. The first kappa shape index (κ1) is 21.3. The maximum Gasteiger partial charge on any atom is 0.258 e. The molecule has 1 N–H and O–H groups in total. The molecule has 0 unspecified atom stereocenters. The number of nitrogens with zero attached hydrogens (tertiary/aromatic N) is 1. The third-order valence-corrected chi connectivity index (χ3v) is 5.24. The van der Waals surface area contributed by atoms with Gasteiger partial charge in [-0.15, -0.1) is 0 Å². The Balaban J connectivity index is 1.54. The molecule has 1 aliphatic heterocycles. The van der Waals surface area contributed by atoms with Crippen molar-refractivity contribution in [1.82, 2.24) is 10.2 Å². The summed E-state index contributed by atoms with van der Waals surface area (Å²) in [7, 11) is 0. The van der Waals surface area contributed by atoms with Crippen molar-refractivity contribution in [2.75, 3.05) is 32.9 Å². The number of nitrogens with one attached hydrogen (secondary N) is 1. The molecule has 29 heavy (non-hydrogen) atoms. The molecular weight excluding hydrogens is 364 g/mol. The van der Waals surface area contributed by atoms with Gasteiger partial charge >= 0.3 is 0 Å². The highest BCUT2D eigenvalue weighted by Crippen LogP contribution is 2.27. The van der Waals surface area contributed by atoms with Crippen LogP contribution in [-0.4, -0.2) is 43.7 Å². The van der Waals surface area contributed by atoms with E-state index < -0.39 is 0 Å². The predicted octanol–water partition coefficient (Wildman–Crippen LogP) is 3.65. The number of hydrogen-bond acceptors (Lipinski definition) is 4. The Morgan fingerprint density at radius 2 is 1.86 bits per heavy atom. The van der Waals surface area contributed by atoms with Crippen LogP contribution in [0, 0.1) is 6.92 Å². The second-order valence-electron chi connectivity index (χ2n) is 7.92. The first-order chi connectivity index (χ1) is 14.0. The zero-order chi connectivity index (χ0) is 20.6. The van der Waals surface area contributed by atoms with Crippen LogP contribution < -0.4 is 10.1 Å². The zero-order valence-electron chi connectivity index (χ0n) is 17.7. The van der Waals surface area contributed by atoms with Crippen LogP contribution in [0.25, 0.3) is 0 Å². The second-order valence-corrected chi connectivity index (χ2v) is 7.92. The quantitative estimate of drug-likeness (QED) is 0.740. The molecule has 0 saturated carbocycles. The normalized spacial score (nSPS) is 14.8. The van der Waals surface area contributed by atoms with E-state index in [0.717, 1.165) is 55.3 Å². The lowest BCUT2D eigenvalue weighted by molar-refractivity contribution is -0.123. The summed E-state index contributed by atoms with van der Waals surface area (Å²) < 4.78 is 11.3. The highest BCUT2D eigenvalue weighted by molar-refractivity contribution is 5.77. The molecule has 0 radical (unpaired) electrons. The molecule has 156 valence electrons. The fourth-order valence-electron chi connectivity index (χ4n) is 3.52. The Bertz CT molecular complexity index is 814. The van der Waals surface area contributed by atoms with E-state index in [0.29, 0.717) is 12.5 Å². The number of carbonyl (C=O) groups excluding carboxylic acids is 1. The van der Waals surface area contributed by atoms with Crippen LogP contribution in [0.5, 0.6) is 5.75 Å². The average molecular weight is 397 g/mol. The number of amides is 1. The monoisotopic (exact) mass is 396 g/mol. The molecule has 0 bridgehead atoms. The fourth-order valence-corrected chi connectivity index (χ4v) is 3.52. The molecular formula is C24H32N2O3. The first-order valence-electron chi connectivity index (χ1n) is 10.4. The summed E-state index contributed by atoms with van der Waals surface area (Å²) in [5, 5.41) is 3.00. The number of ether oxygens (including phenoxy) is 2. The topological polar surface area (TPSA) is 50.8 Å². The minimum atomic E-state index is -0.109. The van der Waals surface area contributed by atoms with E-state index >= 15 is 0 Å². The standard InChI is InChI=1S/C24H32N2O3/c1-18(2)22-9-8-19(3)14-23(22)29-17-24(27)25-15-20-6-4-5-7-21(20)16-26-10-12-28-13-11-26/h4-9,14,18H,10-13,15-17H2,1-3H3,(H,25,27). The van der Waals surface area contributed by atoms with Gasteiger partial charge in [0.05, 0.1) is 13.2 Å². The summed E-state index contributed by atoms with van der Waals surface area (Å²) in [5.74, 6) is 1.03. The van der Waals surface area contributed by atoms with Crippen molar-refractivity contribution >= 4 is 5.91 Å². The SMILES string of the molecule is Cc1ccc(C(C)C)c(OCC(=O)NCc2ccccc2CN2CCOCC2)c1. The Morgan fingerprint density at radius 1 is 1.14 bits per heavy atom. The number of carbonyl (C=O) groups is 1. The third-order valence-electron chi connectivity index (χ3n) is 5.24. The highest BCUT2D eigenvalue weighted by atomic mass is 16.5. The maximum atomic E-state index is 12.4. The Morgan fingerprint density at radius 3 is 2.59 bits per heavy atom. The van der Waals surface area contributed by atoms with Gasteiger partial charge in [0, 0.05) is 26.2 Å². The lowest BCUT2D eigenvalue weighted by Crippen LogP contribution is -2.36.